The Morgan fingerprint density at radius 1 is 0.764 bits per heavy atom. The summed E-state index contributed by atoms with van der Waals surface area (Å²) >= 11 is 0. The van der Waals surface area contributed by atoms with E-state index in [1.807, 2.05) is 77.2 Å². The molecule has 6 unspecified atom stereocenters. The number of rotatable bonds is 12. The molecule has 0 spiro atoms. The summed E-state index contributed by atoms with van der Waals surface area (Å²) in [5, 5.41) is 2.14. The summed E-state index contributed by atoms with van der Waals surface area (Å²) in [6.45, 7) is 16.9. The van der Waals surface area contributed by atoms with E-state index in [9.17, 15) is 9.59 Å². The molecular formula is C46H62ClNO7. The summed E-state index contributed by atoms with van der Waals surface area (Å²) in [7, 11) is 0. The van der Waals surface area contributed by atoms with E-state index in [2.05, 4.69) is 24.9 Å². The van der Waals surface area contributed by atoms with Crippen LogP contribution in [0.1, 0.15) is 118 Å². The number of ketones is 1. The lowest BCUT2D eigenvalue weighted by Crippen LogP contribution is -2.51. The molecule has 3 aromatic rings. The van der Waals surface area contributed by atoms with E-state index < -0.39 is 0 Å². The molecule has 55 heavy (non-hydrogen) atoms. The largest absolute Gasteiger partial charge is 0.490 e. The van der Waals surface area contributed by atoms with Crippen molar-refractivity contribution in [2.24, 2.45) is 28.6 Å². The minimum atomic E-state index is -0.0411. The second kappa shape index (κ2) is 18.4. The number of hydrogen-bond acceptors (Lipinski definition) is 8. The summed E-state index contributed by atoms with van der Waals surface area (Å²) in [6.07, 6.45) is 13.8. The predicted molar refractivity (Wildman–Crippen MR) is 220 cm³/mol. The van der Waals surface area contributed by atoms with Gasteiger partial charge >= 0.3 is 5.97 Å². The highest BCUT2D eigenvalue weighted by atomic mass is 35.5. The van der Waals surface area contributed by atoms with Crippen LogP contribution in [-0.2, 0) is 20.7 Å². The van der Waals surface area contributed by atoms with Crippen LogP contribution in [0, 0.1) is 28.6 Å². The summed E-state index contributed by atoms with van der Waals surface area (Å²) < 4.78 is 28.9. The fourth-order valence-electron chi connectivity index (χ4n) is 10.3. The van der Waals surface area contributed by atoms with E-state index >= 15 is 0 Å². The number of nitrogens with zero attached hydrogens (tertiary/aromatic N) is 1. The van der Waals surface area contributed by atoms with Crippen molar-refractivity contribution in [3.05, 3.63) is 65.5 Å². The molecule has 3 fully saturated rings. The number of fused-ring (bicyclic) bond motifs is 6. The molecule has 0 bridgehead atoms. The monoisotopic (exact) mass is 775 g/mol. The van der Waals surface area contributed by atoms with Crippen molar-refractivity contribution < 1.29 is 33.3 Å². The van der Waals surface area contributed by atoms with Gasteiger partial charge in [-0.25, -0.2) is 0 Å². The molecule has 9 heteroatoms. The molecule has 4 aliphatic rings. The van der Waals surface area contributed by atoms with Crippen molar-refractivity contribution in [2.75, 3.05) is 26.4 Å². The number of halogens is 1. The third-order valence-corrected chi connectivity index (χ3v) is 12.9. The van der Waals surface area contributed by atoms with E-state index in [0.717, 1.165) is 83.0 Å². The second-order valence-corrected chi connectivity index (χ2v) is 15.9. The molecule has 0 aliphatic heterocycles. The number of allylic oxidation sites excluding steroid dienone is 1. The van der Waals surface area contributed by atoms with Crippen molar-refractivity contribution in [3.8, 4) is 23.0 Å². The first kappa shape index (κ1) is 42.4. The fourth-order valence-corrected chi connectivity index (χ4v) is 10.3. The van der Waals surface area contributed by atoms with Gasteiger partial charge in [-0.05, 0) is 143 Å². The van der Waals surface area contributed by atoms with Gasteiger partial charge in [0, 0.05) is 36.3 Å². The van der Waals surface area contributed by atoms with Crippen LogP contribution >= 0.6 is 12.4 Å². The zero-order valence-corrected chi connectivity index (χ0v) is 34.9. The Morgan fingerprint density at radius 3 is 2.13 bits per heavy atom. The van der Waals surface area contributed by atoms with Gasteiger partial charge in [0.1, 0.15) is 6.10 Å². The Labute approximate surface area is 334 Å². The maximum absolute atomic E-state index is 11.9. The second-order valence-electron chi connectivity index (χ2n) is 15.9. The van der Waals surface area contributed by atoms with Gasteiger partial charge in [0.2, 0.25) is 0 Å². The minimum absolute atomic E-state index is 0. The molecule has 3 saturated carbocycles. The number of carbonyl (C=O) groups excluding carboxylic acids is 2. The van der Waals surface area contributed by atoms with Gasteiger partial charge < -0.3 is 23.7 Å². The molecule has 2 aromatic carbocycles. The maximum atomic E-state index is 11.9. The molecule has 1 aromatic heterocycles. The average Bonchev–Trinajstić information content (AvgIpc) is 3.49. The Hall–Kier alpha value is -3.78. The van der Waals surface area contributed by atoms with Crippen molar-refractivity contribution in [1.82, 2.24) is 4.98 Å². The Kier molecular flexibility index (Phi) is 14.2. The lowest BCUT2D eigenvalue weighted by molar-refractivity contribution is -0.159. The van der Waals surface area contributed by atoms with E-state index in [1.54, 1.807) is 0 Å². The first-order valence-corrected chi connectivity index (χ1v) is 20.6. The van der Waals surface area contributed by atoms with Crippen molar-refractivity contribution in [1.29, 1.82) is 0 Å². The number of ether oxygens (including phenoxy) is 5. The third kappa shape index (κ3) is 8.80. The molecule has 1 heterocycles. The summed E-state index contributed by atoms with van der Waals surface area (Å²) in [6, 6.07) is 12.1. The van der Waals surface area contributed by atoms with Crippen molar-refractivity contribution >= 4 is 34.9 Å². The van der Waals surface area contributed by atoms with Gasteiger partial charge in [-0.2, -0.15) is 0 Å². The zero-order chi connectivity index (χ0) is 38.5. The van der Waals surface area contributed by atoms with Crippen LogP contribution < -0.4 is 18.9 Å². The maximum Gasteiger partial charge on any atom is 0.305 e. The highest BCUT2D eigenvalue weighted by Crippen LogP contribution is 2.65. The number of benzene rings is 2. The number of aromatic nitrogens is 1. The number of esters is 1. The fraction of sp³-hybridized carbons (Fsp3) is 0.587. The van der Waals surface area contributed by atoms with Gasteiger partial charge in [-0.3, -0.25) is 14.6 Å². The first-order chi connectivity index (χ1) is 26.1. The Balaban J connectivity index is 0.000000209. The van der Waals surface area contributed by atoms with E-state index in [4.69, 9.17) is 23.7 Å². The lowest BCUT2D eigenvalue weighted by Gasteiger charge is -2.57. The van der Waals surface area contributed by atoms with E-state index in [0.29, 0.717) is 56.9 Å². The van der Waals surface area contributed by atoms with E-state index in [-0.39, 0.29) is 35.3 Å². The lowest BCUT2D eigenvalue weighted by atomic mass is 9.47. The molecule has 0 saturated heterocycles. The molecule has 6 atom stereocenters. The van der Waals surface area contributed by atoms with Crippen LogP contribution in [0.25, 0.3) is 10.8 Å². The topological polar surface area (TPSA) is 93.2 Å². The highest BCUT2D eigenvalue weighted by molar-refractivity contribution is 5.91. The SMILES string of the molecule is CCC(=O)OC1CCC2C3CCC4=CC(=O)CCC4(C)C3CCC12C.CCOc1ccc(Cc2nccc3cc(OCC)c(OCC)cc23)cc1OCC.Cl. The third-order valence-electron chi connectivity index (χ3n) is 12.9. The predicted octanol–water partition coefficient (Wildman–Crippen LogP) is 10.7. The van der Waals surface area contributed by atoms with Crippen molar-refractivity contribution in [2.45, 2.75) is 119 Å². The van der Waals surface area contributed by atoms with Gasteiger partial charge in [0.05, 0.1) is 32.1 Å². The summed E-state index contributed by atoms with van der Waals surface area (Å²) in [5.74, 6) is 5.46. The summed E-state index contributed by atoms with van der Waals surface area (Å²) in [4.78, 5) is 28.4. The number of pyridine rings is 1. The molecule has 8 nitrogen and oxygen atoms in total. The standard InChI is InChI=1S/C24H29NO4.C22H32O3.ClH/c1-5-26-21-10-9-17(14-22(21)27-6-2)13-20-19-16-24(29-8-4)23(28-7-3)15-18(19)11-12-25-20;1-4-20(24)25-19-8-7-17-16-6-5-14-13-15(23)9-11-21(14,2)18(16)10-12-22(17,19)3;/h9-12,14-16H,5-8,13H2,1-4H3;13,16-19H,4-12H2,1-3H3;1H. The molecule has 7 rings (SSSR count). The van der Waals surface area contributed by atoms with Gasteiger partial charge in [-0.1, -0.05) is 32.4 Å². The van der Waals surface area contributed by atoms with E-state index in [1.165, 1.54) is 24.8 Å². The molecule has 300 valence electrons. The molecule has 0 N–H and O–H groups in total. The molecule has 0 radical (unpaired) electrons. The Bertz CT molecular complexity index is 1840. The normalized spacial score (nSPS) is 26.5. The zero-order valence-electron chi connectivity index (χ0n) is 34.0. The number of hydrogen-bond donors (Lipinski definition) is 0. The van der Waals surface area contributed by atoms with Crippen LogP contribution in [0.2, 0.25) is 0 Å². The summed E-state index contributed by atoms with van der Waals surface area (Å²) in [5.41, 5.74) is 3.92. The van der Waals surface area contributed by atoms with Crippen molar-refractivity contribution in [3.63, 3.8) is 0 Å². The van der Waals surface area contributed by atoms with Crippen LogP contribution in [0.4, 0.5) is 0 Å². The molecule has 4 aliphatic carbocycles. The number of carbonyl (C=O) groups is 2. The van der Waals surface area contributed by atoms with Crippen LogP contribution in [0.15, 0.2) is 54.2 Å². The minimum Gasteiger partial charge on any atom is -0.490 e. The molecule has 0 amide bonds. The molecular weight excluding hydrogens is 714 g/mol. The van der Waals surface area contributed by atoms with Crippen LogP contribution in [0.5, 0.6) is 23.0 Å². The average molecular weight is 776 g/mol. The van der Waals surface area contributed by atoms with Gasteiger partial charge in [0.25, 0.3) is 0 Å². The smallest absolute Gasteiger partial charge is 0.305 e. The first-order valence-electron chi connectivity index (χ1n) is 20.6. The quantitative estimate of drug-likeness (QED) is 0.168. The Morgan fingerprint density at radius 2 is 1.44 bits per heavy atom. The van der Waals surface area contributed by atoms with Gasteiger partial charge in [0.15, 0.2) is 28.8 Å². The van der Waals surface area contributed by atoms with Gasteiger partial charge in [-0.15, -0.1) is 12.4 Å². The van der Waals surface area contributed by atoms with Crippen LogP contribution in [-0.4, -0.2) is 49.3 Å². The highest BCUT2D eigenvalue weighted by Gasteiger charge is 2.59. The van der Waals surface area contributed by atoms with Crippen LogP contribution in [0.3, 0.4) is 0 Å².